The molecule has 33 heavy (non-hydrogen) atoms. The number of sulfonamides is 1. The van der Waals surface area contributed by atoms with E-state index < -0.39 is 10.0 Å². The van der Waals surface area contributed by atoms with E-state index in [1.807, 2.05) is 32.0 Å². The van der Waals surface area contributed by atoms with E-state index in [-0.39, 0.29) is 16.5 Å². The van der Waals surface area contributed by atoms with Gasteiger partial charge in [-0.2, -0.15) is 0 Å². The molecule has 0 radical (unpaired) electrons. The van der Waals surface area contributed by atoms with Gasteiger partial charge >= 0.3 is 0 Å². The van der Waals surface area contributed by atoms with Gasteiger partial charge in [-0.25, -0.2) is 23.2 Å². The van der Waals surface area contributed by atoms with Crippen LogP contribution >= 0.6 is 11.3 Å². The Morgan fingerprint density at radius 3 is 2.55 bits per heavy atom. The van der Waals surface area contributed by atoms with Crippen LogP contribution < -0.4 is 10.5 Å². The Hall–Kier alpha value is -3.41. The average Bonchev–Trinajstić information content (AvgIpc) is 3.35. The quantitative estimate of drug-likeness (QED) is 0.434. The maximum absolute atomic E-state index is 12.8. The van der Waals surface area contributed by atoms with Gasteiger partial charge in [0.05, 0.1) is 16.3 Å². The van der Waals surface area contributed by atoms with E-state index in [0.717, 1.165) is 27.3 Å². The third kappa shape index (κ3) is 5.00. The minimum Gasteiger partial charge on any atom is -0.296 e. The Morgan fingerprint density at radius 1 is 1.12 bits per heavy atom. The second kappa shape index (κ2) is 8.85. The number of aromatic nitrogens is 4. The van der Waals surface area contributed by atoms with Crippen molar-refractivity contribution < 1.29 is 13.2 Å². The monoisotopic (exact) mass is 482 g/mol. The number of nitrogens with zero attached hydrogens (tertiary/aromatic N) is 4. The summed E-state index contributed by atoms with van der Waals surface area (Å²) in [6.07, 6.45) is 2.22. The maximum atomic E-state index is 12.8. The van der Waals surface area contributed by atoms with Crippen LogP contribution in [-0.2, 0) is 16.4 Å². The minimum atomic E-state index is -3.72. The zero-order valence-corrected chi connectivity index (χ0v) is 19.9. The molecule has 4 aromatic rings. The van der Waals surface area contributed by atoms with Gasteiger partial charge in [-0.15, -0.1) is 16.4 Å². The highest BCUT2D eigenvalue weighted by molar-refractivity contribution is 7.89. The molecule has 9 nitrogen and oxygen atoms in total. The normalized spacial score (nSPS) is 11.5. The number of benzene rings is 2. The minimum absolute atomic E-state index is 0.0628. The van der Waals surface area contributed by atoms with Gasteiger partial charge in [0.1, 0.15) is 0 Å². The molecule has 0 aliphatic rings. The summed E-state index contributed by atoms with van der Waals surface area (Å²) in [5.41, 5.74) is 4.76. The van der Waals surface area contributed by atoms with E-state index in [1.54, 1.807) is 29.9 Å². The van der Waals surface area contributed by atoms with Gasteiger partial charge in [0.2, 0.25) is 10.0 Å². The summed E-state index contributed by atoms with van der Waals surface area (Å²) in [5, 5.41) is 16.6. The van der Waals surface area contributed by atoms with Crippen molar-refractivity contribution in [2.75, 3.05) is 5.32 Å². The van der Waals surface area contributed by atoms with Gasteiger partial charge < -0.3 is 0 Å². The van der Waals surface area contributed by atoms with Crippen molar-refractivity contribution in [1.82, 2.24) is 20.0 Å². The number of hydrogen-bond donors (Lipinski definition) is 2. The lowest BCUT2D eigenvalue weighted by molar-refractivity contribution is 0.102. The Labute approximate surface area is 195 Å². The van der Waals surface area contributed by atoms with Crippen molar-refractivity contribution in [3.63, 3.8) is 0 Å². The number of primary sulfonamides is 1. The molecular weight excluding hydrogens is 460 g/mol. The lowest BCUT2D eigenvalue weighted by atomic mass is 10.1. The summed E-state index contributed by atoms with van der Waals surface area (Å²) in [5.74, 6) is -0.387. The van der Waals surface area contributed by atoms with Crippen molar-refractivity contribution in [1.29, 1.82) is 0 Å². The molecule has 0 aliphatic heterocycles. The molecule has 2 aromatic heterocycles. The maximum Gasteiger partial charge on any atom is 0.279 e. The van der Waals surface area contributed by atoms with E-state index in [4.69, 9.17) is 5.14 Å². The molecule has 1 amide bonds. The summed E-state index contributed by atoms with van der Waals surface area (Å²) < 4.78 is 24.4. The van der Waals surface area contributed by atoms with Gasteiger partial charge in [-0.1, -0.05) is 29.5 Å². The Morgan fingerprint density at radius 2 is 1.85 bits per heavy atom. The molecule has 4 rings (SSSR count). The SMILES string of the molecule is Cc1ccc(C)c(-n2nnc(C(=O)Nc3ncc(Cc4ccc(S(N)(=O)=O)cc4)s3)c2C)c1. The second-order valence-corrected chi connectivity index (χ2v) is 10.4. The molecule has 0 unspecified atom stereocenters. The third-order valence-electron chi connectivity index (χ3n) is 5.11. The van der Waals surface area contributed by atoms with Crippen LogP contribution in [0.15, 0.2) is 53.6 Å². The molecule has 0 aliphatic carbocycles. The summed E-state index contributed by atoms with van der Waals surface area (Å²) in [6.45, 7) is 5.78. The third-order valence-corrected chi connectivity index (χ3v) is 6.95. The first-order chi connectivity index (χ1) is 15.6. The highest BCUT2D eigenvalue weighted by atomic mass is 32.2. The van der Waals surface area contributed by atoms with Crippen molar-refractivity contribution >= 4 is 32.4 Å². The van der Waals surface area contributed by atoms with E-state index in [9.17, 15) is 13.2 Å². The predicted molar refractivity (Wildman–Crippen MR) is 126 cm³/mol. The highest BCUT2D eigenvalue weighted by Gasteiger charge is 2.19. The lowest BCUT2D eigenvalue weighted by Crippen LogP contribution is -2.14. The average molecular weight is 483 g/mol. The van der Waals surface area contributed by atoms with Crippen LogP contribution in [0.3, 0.4) is 0 Å². The molecular formula is C22H22N6O3S2. The fraction of sp³-hybridized carbons (Fsp3) is 0.182. The predicted octanol–water partition coefficient (Wildman–Crippen LogP) is 3.14. The number of hydrogen-bond acceptors (Lipinski definition) is 7. The molecule has 0 saturated carbocycles. The van der Waals surface area contributed by atoms with Gasteiger partial charge in [0.25, 0.3) is 5.91 Å². The van der Waals surface area contributed by atoms with Gasteiger partial charge in [0.15, 0.2) is 10.8 Å². The van der Waals surface area contributed by atoms with E-state index >= 15 is 0 Å². The number of amides is 1. The van der Waals surface area contributed by atoms with E-state index in [1.165, 1.54) is 23.5 Å². The molecule has 0 atom stereocenters. The second-order valence-electron chi connectivity index (χ2n) is 7.68. The topological polar surface area (TPSA) is 133 Å². The first-order valence-electron chi connectivity index (χ1n) is 9.99. The number of anilines is 1. The Bertz CT molecular complexity index is 1440. The number of carbonyl (C=O) groups excluding carboxylic acids is 1. The zero-order valence-electron chi connectivity index (χ0n) is 18.2. The number of nitrogens with one attached hydrogen (secondary N) is 1. The fourth-order valence-electron chi connectivity index (χ4n) is 3.32. The molecule has 0 bridgehead atoms. The van der Waals surface area contributed by atoms with E-state index in [2.05, 4.69) is 20.6 Å². The fourth-order valence-corrected chi connectivity index (χ4v) is 4.67. The zero-order chi connectivity index (χ0) is 23.8. The van der Waals surface area contributed by atoms with Crippen LogP contribution in [0.2, 0.25) is 0 Å². The first-order valence-corrected chi connectivity index (χ1v) is 12.4. The lowest BCUT2D eigenvalue weighted by Gasteiger charge is -2.08. The summed E-state index contributed by atoms with van der Waals surface area (Å²) in [4.78, 5) is 18.0. The van der Waals surface area contributed by atoms with Crippen LogP contribution in [-0.4, -0.2) is 34.3 Å². The molecule has 0 fully saturated rings. The van der Waals surface area contributed by atoms with Gasteiger partial charge in [0, 0.05) is 17.5 Å². The van der Waals surface area contributed by atoms with Crippen molar-refractivity contribution in [2.24, 2.45) is 5.14 Å². The Kier molecular flexibility index (Phi) is 6.11. The Balaban J connectivity index is 1.47. The first kappa shape index (κ1) is 22.8. The van der Waals surface area contributed by atoms with Gasteiger partial charge in [-0.05, 0) is 55.7 Å². The van der Waals surface area contributed by atoms with Crippen molar-refractivity contribution in [2.45, 2.75) is 32.1 Å². The number of carbonyl (C=O) groups is 1. The summed E-state index contributed by atoms with van der Waals surface area (Å²) in [6, 6.07) is 12.4. The molecule has 11 heteroatoms. The molecule has 3 N–H and O–H groups in total. The summed E-state index contributed by atoms with van der Waals surface area (Å²) in [7, 11) is -3.72. The van der Waals surface area contributed by atoms with Crippen molar-refractivity contribution in [3.05, 3.63) is 81.6 Å². The summed E-state index contributed by atoms with van der Waals surface area (Å²) >= 11 is 1.33. The number of aryl methyl sites for hydroxylation is 2. The largest absolute Gasteiger partial charge is 0.296 e. The van der Waals surface area contributed by atoms with Crippen LogP contribution in [0.25, 0.3) is 5.69 Å². The van der Waals surface area contributed by atoms with E-state index in [0.29, 0.717) is 17.2 Å². The molecule has 0 saturated heterocycles. The van der Waals surface area contributed by atoms with Crippen LogP contribution in [0.5, 0.6) is 0 Å². The number of thiazole rings is 1. The molecule has 2 aromatic carbocycles. The molecule has 0 spiro atoms. The van der Waals surface area contributed by atoms with Crippen LogP contribution in [0.4, 0.5) is 5.13 Å². The van der Waals surface area contributed by atoms with Crippen LogP contribution in [0.1, 0.15) is 37.7 Å². The highest BCUT2D eigenvalue weighted by Crippen LogP contribution is 2.23. The molecule has 170 valence electrons. The number of nitrogens with two attached hydrogens (primary N) is 1. The van der Waals surface area contributed by atoms with Crippen LogP contribution in [0, 0.1) is 20.8 Å². The van der Waals surface area contributed by atoms with Crippen molar-refractivity contribution in [3.8, 4) is 5.69 Å². The van der Waals surface area contributed by atoms with Gasteiger partial charge in [-0.3, -0.25) is 10.1 Å². The smallest absolute Gasteiger partial charge is 0.279 e. The standard InChI is InChI=1S/C22H22N6O3S2/c1-13-4-5-14(2)19(10-13)28-15(3)20(26-27-28)21(29)25-22-24-12-17(32-22)11-16-6-8-18(9-7-16)33(23,30)31/h4-10,12H,11H2,1-3H3,(H2,23,30,31)(H,24,25,29). The molecule has 2 heterocycles. The number of rotatable bonds is 6.